The van der Waals surface area contributed by atoms with Gasteiger partial charge in [0.15, 0.2) is 0 Å². The molecule has 1 amide bonds. The van der Waals surface area contributed by atoms with Crippen LogP contribution in [0.25, 0.3) is 11.1 Å². The summed E-state index contributed by atoms with van der Waals surface area (Å²) in [6, 6.07) is 5.46. The van der Waals surface area contributed by atoms with Gasteiger partial charge in [0.1, 0.15) is 6.04 Å². The lowest BCUT2D eigenvalue weighted by molar-refractivity contribution is 0.0985. The molecule has 0 saturated carbocycles. The number of amides is 1. The van der Waals surface area contributed by atoms with E-state index >= 15 is 0 Å². The van der Waals surface area contributed by atoms with Gasteiger partial charge < -0.3 is 5.73 Å². The topological polar surface area (TPSA) is 85.6 Å². The molecule has 0 saturated heterocycles. The highest BCUT2D eigenvalue weighted by molar-refractivity contribution is 5.97. The lowest BCUT2D eigenvalue weighted by Gasteiger charge is -2.17. The van der Waals surface area contributed by atoms with Crippen LogP contribution in [0.2, 0.25) is 0 Å². The van der Waals surface area contributed by atoms with E-state index in [1.807, 2.05) is 29.2 Å². The van der Waals surface area contributed by atoms with Crippen LogP contribution in [-0.4, -0.2) is 22.2 Å². The highest BCUT2D eigenvalue weighted by Crippen LogP contribution is 2.31. The molecule has 120 valence electrons. The first kappa shape index (κ1) is 15.6. The van der Waals surface area contributed by atoms with Crippen molar-refractivity contribution in [2.75, 3.05) is 6.54 Å². The summed E-state index contributed by atoms with van der Waals surface area (Å²) < 4.78 is 1.96. The highest BCUT2D eigenvalue weighted by Gasteiger charge is 2.23. The van der Waals surface area contributed by atoms with Crippen LogP contribution in [0.1, 0.15) is 42.2 Å². The van der Waals surface area contributed by atoms with Crippen molar-refractivity contribution in [2.45, 2.75) is 32.9 Å². The molecule has 0 radical (unpaired) electrons. The summed E-state index contributed by atoms with van der Waals surface area (Å²) in [5.41, 5.74) is 9.23. The van der Waals surface area contributed by atoms with Crippen LogP contribution in [0, 0.1) is 5.92 Å². The Balaban J connectivity index is 1.89. The molecule has 6 heteroatoms. The van der Waals surface area contributed by atoms with Crippen molar-refractivity contribution in [1.29, 1.82) is 0 Å². The standard InChI is InChI=1S/C17H21N5O/c1-11(2)5-6-22-10-13(9-19-22)12-3-4-14-15(7-12)16(8-18)20-21-17(14)23/h3-4,7,9-11,16H,5-6,8,18H2,1-2H3. The quantitative estimate of drug-likeness (QED) is 0.920. The van der Waals surface area contributed by atoms with E-state index in [0.717, 1.165) is 29.7 Å². The molecule has 3 rings (SSSR count). The monoisotopic (exact) mass is 311 g/mol. The maximum absolute atomic E-state index is 11.8. The molecule has 0 spiro atoms. The Labute approximate surface area is 135 Å². The predicted molar refractivity (Wildman–Crippen MR) is 88.1 cm³/mol. The Hall–Kier alpha value is -2.34. The number of carbonyl (C=O) groups is 1. The third-order valence-corrected chi connectivity index (χ3v) is 4.05. The molecule has 1 aromatic heterocycles. The van der Waals surface area contributed by atoms with Gasteiger partial charge in [-0.1, -0.05) is 19.9 Å². The van der Waals surface area contributed by atoms with Gasteiger partial charge in [-0.15, -0.1) is 5.11 Å². The average molecular weight is 311 g/mol. The Morgan fingerprint density at radius 1 is 1.30 bits per heavy atom. The van der Waals surface area contributed by atoms with E-state index in [-0.39, 0.29) is 11.9 Å². The molecule has 23 heavy (non-hydrogen) atoms. The van der Waals surface area contributed by atoms with E-state index in [9.17, 15) is 4.79 Å². The molecule has 2 heterocycles. The van der Waals surface area contributed by atoms with Crippen molar-refractivity contribution in [2.24, 2.45) is 21.9 Å². The molecule has 1 unspecified atom stereocenters. The number of aryl methyl sites for hydroxylation is 1. The third kappa shape index (κ3) is 3.22. The minimum absolute atomic E-state index is 0.251. The van der Waals surface area contributed by atoms with Crippen LogP contribution in [0.15, 0.2) is 40.8 Å². The molecule has 1 atom stereocenters. The first-order valence-corrected chi connectivity index (χ1v) is 7.90. The van der Waals surface area contributed by atoms with E-state index in [0.29, 0.717) is 18.0 Å². The zero-order valence-electron chi connectivity index (χ0n) is 13.4. The molecule has 1 aliphatic heterocycles. The number of carbonyl (C=O) groups excluding carboxylic acids is 1. The van der Waals surface area contributed by atoms with Gasteiger partial charge >= 0.3 is 0 Å². The second kappa shape index (κ2) is 6.42. The van der Waals surface area contributed by atoms with Gasteiger partial charge in [0, 0.05) is 30.4 Å². The average Bonchev–Trinajstić information content (AvgIpc) is 3.02. The molecule has 6 nitrogen and oxygen atoms in total. The van der Waals surface area contributed by atoms with Crippen LogP contribution in [0.3, 0.4) is 0 Å². The van der Waals surface area contributed by atoms with E-state index < -0.39 is 0 Å². The number of hydrogen-bond acceptors (Lipinski definition) is 4. The number of nitrogens with two attached hydrogens (primary N) is 1. The van der Waals surface area contributed by atoms with Crippen LogP contribution in [0.5, 0.6) is 0 Å². The number of hydrogen-bond donors (Lipinski definition) is 1. The summed E-state index contributed by atoms with van der Waals surface area (Å²) in [5, 5.41) is 12.1. The third-order valence-electron chi connectivity index (χ3n) is 4.05. The number of aromatic nitrogens is 2. The largest absolute Gasteiger partial charge is 0.328 e. The van der Waals surface area contributed by atoms with Gasteiger partial charge in [0.2, 0.25) is 0 Å². The minimum atomic E-state index is -0.302. The van der Waals surface area contributed by atoms with E-state index in [1.165, 1.54) is 0 Å². The van der Waals surface area contributed by atoms with Crippen molar-refractivity contribution in [3.05, 3.63) is 41.7 Å². The normalized spacial score (nSPS) is 16.9. The zero-order valence-corrected chi connectivity index (χ0v) is 13.4. The van der Waals surface area contributed by atoms with Gasteiger partial charge in [-0.05, 0) is 35.6 Å². The van der Waals surface area contributed by atoms with Crippen LogP contribution in [0.4, 0.5) is 0 Å². The van der Waals surface area contributed by atoms with E-state index in [4.69, 9.17) is 5.73 Å². The van der Waals surface area contributed by atoms with Crippen molar-refractivity contribution in [1.82, 2.24) is 9.78 Å². The van der Waals surface area contributed by atoms with E-state index in [2.05, 4.69) is 29.2 Å². The number of azo groups is 1. The smallest absolute Gasteiger partial charge is 0.295 e. The second-order valence-electron chi connectivity index (χ2n) is 6.25. The molecular weight excluding hydrogens is 290 g/mol. The minimum Gasteiger partial charge on any atom is -0.328 e. The van der Waals surface area contributed by atoms with Crippen LogP contribution >= 0.6 is 0 Å². The molecule has 1 aliphatic rings. The first-order chi connectivity index (χ1) is 11.1. The molecule has 1 aromatic carbocycles. The summed E-state index contributed by atoms with van der Waals surface area (Å²) in [4.78, 5) is 11.8. The summed E-state index contributed by atoms with van der Waals surface area (Å²) in [6.07, 6.45) is 4.98. The summed E-state index contributed by atoms with van der Waals surface area (Å²) >= 11 is 0. The number of rotatable bonds is 5. The second-order valence-corrected chi connectivity index (χ2v) is 6.25. The van der Waals surface area contributed by atoms with Gasteiger partial charge in [-0.2, -0.15) is 10.2 Å². The molecule has 2 aromatic rings. The lowest BCUT2D eigenvalue weighted by atomic mass is 9.95. The number of fused-ring (bicyclic) bond motifs is 1. The highest BCUT2D eigenvalue weighted by atomic mass is 16.1. The van der Waals surface area contributed by atoms with Crippen molar-refractivity contribution < 1.29 is 4.79 Å². The maximum Gasteiger partial charge on any atom is 0.295 e. The summed E-state index contributed by atoms with van der Waals surface area (Å²) in [7, 11) is 0. The molecule has 0 aliphatic carbocycles. The molecular formula is C17H21N5O. The Bertz CT molecular complexity index is 747. The summed E-state index contributed by atoms with van der Waals surface area (Å²) in [6.45, 7) is 5.64. The van der Waals surface area contributed by atoms with Crippen LogP contribution in [-0.2, 0) is 6.54 Å². The van der Waals surface area contributed by atoms with E-state index in [1.54, 1.807) is 6.07 Å². The Kier molecular flexibility index (Phi) is 4.34. The van der Waals surface area contributed by atoms with Gasteiger partial charge in [-0.3, -0.25) is 9.48 Å². The Morgan fingerprint density at radius 3 is 2.87 bits per heavy atom. The summed E-state index contributed by atoms with van der Waals surface area (Å²) in [5.74, 6) is 0.344. The number of benzene rings is 1. The maximum atomic E-state index is 11.8. The van der Waals surface area contributed by atoms with Crippen LogP contribution < -0.4 is 5.73 Å². The fourth-order valence-electron chi connectivity index (χ4n) is 2.65. The number of nitrogens with zero attached hydrogens (tertiary/aromatic N) is 4. The van der Waals surface area contributed by atoms with Crippen molar-refractivity contribution >= 4 is 5.91 Å². The van der Waals surface area contributed by atoms with Gasteiger partial charge in [0.05, 0.1) is 6.20 Å². The molecule has 0 bridgehead atoms. The first-order valence-electron chi connectivity index (χ1n) is 7.90. The van der Waals surface area contributed by atoms with Gasteiger partial charge in [-0.25, -0.2) is 0 Å². The van der Waals surface area contributed by atoms with Crippen molar-refractivity contribution in [3.63, 3.8) is 0 Å². The fourth-order valence-corrected chi connectivity index (χ4v) is 2.65. The lowest BCUT2D eigenvalue weighted by Crippen LogP contribution is -2.17. The molecule has 0 fully saturated rings. The molecule has 2 N–H and O–H groups in total. The fraction of sp³-hybridized carbons (Fsp3) is 0.412. The van der Waals surface area contributed by atoms with Gasteiger partial charge in [0.25, 0.3) is 5.91 Å². The predicted octanol–water partition coefficient (Wildman–Crippen LogP) is 3.20. The van der Waals surface area contributed by atoms with Crippen molar-refractivity contribution in [3.8, 4) is 11.1 Å². The zero-order chi connectivity index (χ0) is 16.4. The SMILES string of the molecule is CC(C)CCn1cc(-c2ccc3c(c2)C(CN)N=NC3=O)cn1. The Morgan fingerprint density at radius 2 is 2.13 bits per heavy atom.